The number of hydrogen-bond acceptors (Lipinski definition) is 3. The molecule has 2 nitrogen and oxygen atoms in total. The Morgan fingerprint density at radius 2 is 1.89 bits per heavy atom. The monoisotopic (exact) mass is 357 g/mol. The van der Waals surface area contributed by atoms with Gasteiger partial charge in [0.25, 0.3) is 0 Å². The number of thioether (sulfide) groups is 1. The van der Waals surface area contributed by atoms with Crippen molar-refractivity contribution >= 4 is 45.0 Å². The third kappa shape index (κ3) is 4.64. The van der Waals surface area contributed by atoms with Crippen LogP contribution in [0.25, 0.3) is 0 Å². The van der Waals surface area contributed by atoms with Crippen LogP contribution in [0.5, 0.6) is 5.75 Å². The molecule has 2 N–H and O–H groups in total. The first-order valence-corrected chi connectivity index (χ1v) is 7.87. The summed E-state index contributed by atoms with van der Waals surface area (Å²) >= 11 is 10.9. The van der Waals surface area contributed by atoms with Crippen molar-refractivity contribution in [3.8, 4) is 5.75 Å². The molecule has 0 saturated carbocycles. The quantitative estimate of drug-likeness (QED) is 0.471. The van der Waals surface area contributed by atoms with Gasteiger partial charge in [0.15, 0.2) is 0 Å². The zero-order chi connectivity index (χ0) is 13.7. The van der Waals surface area contributed by atoms with Crippen LogP contribution >= 0.6 is 39.3 Å². The smallest absolute Gasteiger partial charge is 0.119 e. The fourth-order valence-electron chi connectivity index (χ4n) is 1.49. The third-order valence-electron chi connectivity index (χ3n) is 2.40. The minimum atomic E-state index is 0.633. The van der Waals surface area contributed by atoms with E-state index in [1.807, 2.05) is 36.4 Å². The van der Waals surface area contributed by atoms with Gasteiger partial charge in [0.05, 0.1) is 6.61 Å². The summed E-state index contributed by atoms with van der Waals surface area (Å²) in [4.78, 5) is 1.03. The summed E-state index contributed by atoms with van der Waals surface area (Å²) in [6.45, 7) is 0.633. The molecule has 0 fully saturated rings. The summed E-state index contributed by atoms with van der Waals surface area (Å²) in [6, 6.07) is 13.3. The number of benzene rings is 2. The Kier molecular flexibility index (Phi) is 5.43. The number of nitrogens with two attached hydrogens (primary N) is 1. The molecular weight excluding hydrogens is 346 g/mol. The zero-order valence-electron chi connectivity index (χ0n) is 10.1. The molecule has 0 amide bonds. The van der Waals surface area contributed by atoms with Gasteiger partial charge in [-0.1, -0.05) is 27.5 Å². The Morgan fingerprint density at radius 3 is 2.58 bits per heavy atom. The molecule has 0 aromatic heterocycles. The molecule has 2 aromatic carbocycles. The molecule has 0 radical (unpaired) electrons. The number of rotatable bonds is 5. The Labute approximate surface area is 130 Å². The summed E-state index contributed by atoms with van der Waals surface area (Å²) < 4.78 is 6.68. The standard InChI is InChI=1S/C14H13BrClNOS/c15-10-1-4-12(5-2-10)18-7-8-19-14-6-3-11(16)9-13(14)17/h1-6,9H,7-8,17H2. The molecule has 19 heavy (non-hydrogen) atoms. The van der Waals surface area contributed by atoms with E-state index in [1.165, 1.54) is 0 Å². The van der Waals surface area contributed by atoms with Gasteiger partial charge in [-0.25, -0.2) is 0 Å². The van der Waals surface area contributed by atoms with Crippen molar-refractivity contribution in [3.63, 3.8) is 0 Å². The molecule has 0 aliphatic carbocycles. The predicted molar refractivity (Wildman–Crippen MR) is 86.2 cm³/mol. The van der Waals surface area contributed by atoms with E-state index in [2.05, 4.69) is 15.9 Å². The average Bonchev–Trinajstić information content (AvgIpc) is 2.39. The fourth-order valence-corrected chi connectivity index (χ4v) is 2.71. The molecule has 0 atom stereocenters. The van der Waals surface area contributed by atoms with Crippen molar-refractivity contribution in [2.75, 3.05) is 18.1 Å². The Hall–Kier alpha value is -0.840. The van der Waals surface area contributed by atoms with Gasteiger partial charge in [0, 0.05) is 25.8 Å². The van der Waals surface area contributed by atoms with E-state index < -0.39 is 0 Å². The van der Waals surface area contributed by atoms with E-state index in [0.717, 1.165) is 20.9 Å². The van der Waals surface area contributed by atoms with Crippen LogP contribution in [0.1, 0.15) is 0 Å². The van der Waals surface area contributed by atoms with Crippen LogP contribution in [0.3, 0.4) is 0 Å². The van der Waals surface area contributed by atoms with E-state index >= 15 is 0 Å². The van der Waals surface area contributed by atoms with Crippen LogP contribution in [0, 0.1) is 0 Å². The van der Waals surface area contributed by atoms with Crippen molar-refractivity contribution in [1.82, 2.24) is 0 Å². The summed E-state index contributed by atoms with van der Waals surface area (Å²) in [6.07, 6.45) is 0. The van der Waals surface area contributed by atoms with E-state index in [9.17, 15) is 0 Å². The predicted octanol–water partition coefficient (Wildman–Crippen LogP) is 4.86. The largest absolute Gasteiger partial charge is 0.493 e. The maximum atomic E-state index is 5.88. The third-order valence-corrected chi connectivity index (χ3v) is 4.21. The highest BCUT2D eigenvalue weighted by atomic mass is 79.9. The molecule has 0 aliphatic rings. The van der Waals surface area contributed by atoms with Gasteiger partial charge < -0.3 is 10.5 Å². The summed E-state index contributed by atoms with van der Waals surface area (Å²) in [5, 5.41) is 0.660. The van der Waals surface area contributed by atoms with Gasteiger partial charge in [-0.2, -0.15) is 0 Å². The van der Waals surface area contributed by atoms with E-state index in [-0.39, 0.29) is 0 Å². The van der Waals surface area contributed by atoms with Gasteiger partial charge in [0.2, 0.25) is 0 Å². The van der Waals surface area contributed by atoms with Crippen molar-refractivity contribution < 1.29 is 4.74 Å². The molecule has 5 heteroatoms. The van der Waals surface area contributed by atoms with Crippen LogP contribution in [0.2, 0.25) is 5.02 Å². The molecule has 0 saturated heterocycles. The second-order valence-electron chi connectivity index (χ2n) is 3.83. The van der Waals surface area contributed by atoms with Crippen molar-refractivity contribution in [2.45, 2.75) is 4.90 Å². The Morgan fingerprint density at radius 1 is 1.16 bits per heavy atom. The SMILES string of the molecule is Nc1cc(Cl)ccc1SCCOc1ccc(Br)cc1. The molecular formula is C14H13BrClNOS. The van der Waals surface area contributed by atoms with Crippen molar-refractivity contribution in [3.05, 3.63) is 52.0 Å². The fraction of sp³-hybridized carbons (Fsp3) is 0.143. The summed E-state index contributed by atoms with van der Waals surface area (Å²) in [7, 11) is 0. The number of ether oxygens (including phenoxy) is 1. The first-order chi connectivity index (χ1) is 9.15. The van der Waals surface area contributed by atoms with Crippen LogP contribution in [0.4, 0.5) is 5.69 Å². The Bertz CT molecular complexity index is 548. The number of hydrogen-bond donors (Lipinski definition) is 1. The molecule has 0 spiro atoms. The van der Waals surface area contributed by atoms with Crippen LogP contribution in [-0.2, 0) is 0 Å². The second kappa shape index (κ2) is 7.08. The molecule has 0 unspecified atom stereocenters. The topological polar surface area (TPSA) is 35.2 Å². The molecule has 2 aromatic rings. The van der Waals surface area contributed by atoms with Crippen molar-refractivity contribution in [2.24, 2.45) is 0 Å². The maximum absolute atomic E-state index is 5.88. The first-order valence-electron chi connectivity index (χ1n) is 5.71. The highest BCUT2D eigenvalue weighted by Crippen LogP contribution is 2.27. The molecule has 100 valence electrons. The molecule has 2 rings (SSSR count). The van der Waals surface area contributed by atoms with Gasteiger partial charge in [-0.15, -0.1) is 11.8 Å². The first kappa shape index (κ1) is 14.6. The molecule has 0 aliphatic heterocycles. The number of anilines is 1. The lowest BCUT2D eigenvalue weighted by molar-refractivity contribution is 0.344. The molecule has 0 heterocycles. The summed E-state index contributed by atoms with van der Waals surface area (Å²) in [5.41, 5.74) is 6.59. The van der Waals surface area contributed by atoms with Crippen molar-refractivity contribution in [1.29, 1.82) is 0 Å². The summed E-state index contributed by atoms with van der Waals surface area (Å²) in [5.74, 6) is 1.70. The van der Waals surface area contributed by atoms with Crippen LogP contribution in [0.15, 0.2) is 51.8 Å². The van der Waals surface area contributed by atoms with Gasteiger partial charge in [-0.05, 0) is 42.5 Å². The number of halogens is 2. The van der Waals surface area contributed by atoms with Crippen LogP contribution in [-0.4, -0.2) is 12.4 Å². The minimum Gasteiger partial charge on any atom is -0.493 e. The van der Waals surface area contributed by atoms with Gasteiger partial charge >= 0.3 is 0 Å². The lowest BCUT2D eigenvalue weighted by Gasteiger charge is -2.08. The molecule has 0 bridgehead atoms. The highest BCUT2D eigenvalue weighted by molar-refractivity contribution is 9.10. The lowest BCUT2D eigenvalue weighted by Crippen LogP contribution is -2.00. The van der Waals surface area contributed by atoms with Gasteiger partial charge in [0.1, 0.15) is 5.75 Å². The maximum Gasteiger partial charge on any atom is 0.119 e. The number of nitrogen functional groups attached to an aromatic ring is 1. The van der Waals surface area contributed by atoms with Gasteiger partial charge in [-0.3, -0.25) is 0 Å². The van der Waals surface area contributed by atoms with E-state index in [1.54, 1.807) is 17.8 Å². The lowest BCUT2D eigenvalue weighted by atomic mass is 10.3. The minimum absolute atomic E-state index is 0.633. The zero-order valence-corrected chi connectivity index (χ0v) is 13.3. The second-order valence-corrected chi connectivity index (χ2v) is 6.32. The van der Waals surface area contributed by atoms with Crippen LogP contribution < -0.4 is 10.5 Å². The Balaban J connectivity index is 1.79. The van der Waals surface area contributed by atoms with E-state index in [4.69, 9.17) is 22.1 Å². The highest BCUT2D eigenvalue weighted by Gasteiger charge is 2.01. The normalized spacial score (nSPS) is 10.4. The van der Waals surface area contributed by atoms with E-state index in [0.29, 0.717) is 17.3 Å². The average molecular weight is 359 g/mol.